The molecule has 0 spiro atoms. The lowest BCUT2D eigenvalue weighted by Crippen LogP contribution is -2.35. The summed E-state index contributed by atoms with van der Waals surface area (Å²) in [6.07, 6.45) is 10.2. The van der Waals surface area contributed by atoms with Crippen LogP contribution >= 0.6 is 0 Å². The van der Waals surface area contributed by atoms with Crippen molar-refractivity contribution in [2.45, 2.75) is 63.6 Å². The molecule has 0 bridgehead atoms. The molecule has 98 valence electrons. The van der Waals surface area contributed by atoms with E-state index in [1.165, 1.54) is 25.7 Å². The third kappa shape index (κ3) is 4.58. The fraction of sp³-hybridized carbons (Fsp3) is 1.00. The van der Waals surface area contributed by atoms with E-state index in [-0.39, 0.29) is 0 Å². The second kappa shape index (κ2) is 7.36. The Bertz CT molecular complexity index is 188. The molecule has 2 aliphatic rings. The Labute approximate surface area is 104 Å². The van der Waals surface area contributed by atoms with Gasteiger partial charge in [0.25, 0.3) is 0 Å². The zero-order valence-corrected chi connectivity index (χ0v) is 10.6. The first kappa shape index (κ1) is 13.3. The molecule has 4 nitrogen and oxygen atoms in total. The minimum atomic E-state index is -0.496. The molecule has 2 rings (SSSR count). The van der Waals surface area contributed by atoms with E-state index in [1.807, 2.05) is 0 Å². The Morgan fingerprint density at radius 3 is 1.76 bits per heavy atom. The summed E-state index contributed by atoms with van der Waals surface area (Å²) in [5, 5.41) is 0. The Morgan fingerprint density at radius 2 is 1.35 bits per heavy atom. The van der Waals surface area contributed by atoms with Gasteiger partial charge in [0.15, 0.2) is 0 Å². The van der Waals surface area contributed by atoms with E-state index in [0.29, 0.717) is 25.4 Å². The third-order valence-corrected chi connectivity index (χ3v) is 3.58. The predicted molar refractivity (Wildman–Crippen MR) is 67.4 cm³/mol. The summed E-state index contributed by atoms with van der Waals surface area (Å²) < 4.78 is 17.3. The molecule has 0 amide bonds. The highest BCUT2D eigenvalue weighted by atomic mass is 16.7. The van der Waals surface area contributed by atoms with Gasteiger partial charge in [0.2, 0.25) is 0 Å². The molecule has 0 atom stereocenters. The molecule has 0 aromatic heterocycles. The first-order valence-corrected chi connectivity index (χ1v) is 7.01. The van der Waals surface area contributed by atoms with Crippen molar-refractivity contribution in [3.63, 3.8) is 0 Å². The van der Waals surface area contributed by atoms with Gasteiger partial charge in [0.05, 0.1) is 0 Å². The van der Waals surface area contributed by atoms with E-state index < -0.39 is 7.32 Å². The maximum absolute atomic E-state index is 5.88. The second-order valence-corrected chi connectivity index (χ2v) is 5.03. The first-order valence-electron chi connectivity index (χ1n) is 7.01. The van der Waals surface area contributed by atoms with Crippen LogP contribution in [-0.4, -0.2) is 32.7 Å². The molecule has 5 heteroatoms. The van der Waals surface area contributed by atoms with Crippen molar-refractivity contribution in [3.8, 4) is 0 Å². The summed E-state index contributed by atoms with van der Waals surface area (Å²) in [6, 6.07) is 0. The van der Waals surface area contributed by atoms with Gasteiger partial charge in [-0.1, -0.05) is 25.7 Å². The number of hydrogen-bond acceptors (Lipinski definition) is 4. The zero-order chi connectivity index (χ0) is 11.9. The van der Waals surface area contributed by atoms with E-state index in [2.05, 4.69) is 0 Å². The van der Waals surface area contributed by atoms with Gasteiger partial charge in [-0.2, -0.15) is 0 Å². The van der Waals surface area contributed by atoms with E-state index in [9.17, 15) is 0 Å². The molecular weight excluding hydrogens is 217 g/mol. The van der Waals surface area contributed by atoms with Crippen LogP contribution in [0, 0.1) is 0 Å². The average Bonchev–Trinajstić information content (AvgIpc) is 2.99. The lowest BCUT2D eigenvalue weighted by Gasteiger charge is -2.21. The van der Waals surface area contributed by atoms with Gasteiger partial charge in [-0.25, -0.2) is 0 Å². The van der Waals surface area contributed by atoms with Crippen LogP contribution in [0.5, 0.6) is 0 Å². The summed E-state index contributed by atoms with van der Waals surface area (Å²) in [6.45, 7) is 1.02. The lowest BCUT2D eigenvalue weighted by atomic mass is 10.1. The zero-order valence-electron chi connectivity index (χ0n) is 10.6. The van der Waals surface area contributed by atoms with Gasteiger partial charge < -0.3 is 19.7 Å². The summed E-state index contributed by atoms with van der Waals surface area (Å²) >= 11 is 0. The molecule has 2 aliphatic carbocycles. The van der Waals surface area contributed by atoms with Crippen molar-refractivity contribution in [2.24, 2.45) is 5.73 Å². The maximum atomic E-state index is 5.88. The van der Waals surface area contributed by atoms with E-state index in [0.717, 1.165) is 25.7 Å². The van der Waals surface area contributed by atoms with Gasteiger partial charge in [0.1, 0.15) is 0 Å². The minimum Gasteiger partial charge on any atom is -0.385 e. The van der Waals surface area contributed by atoms with E-state index in [4.69, 9.17) is 19.7 Å². The van der Waals surface area contributed by atoms with E-state index in [1.54, 1.807) is 0 Å². The van der Waals surface area contributed by atoms with Crippen LogP contribution in [0.4, 0.5) is 0 Å². The number of rotatable bonds is 7. The largest absolute Gasteiger partial charge is 0.639 e. The third-order valence-electron chi connectivity index (χ3n) is 3.58. The van der Waals surface area contributed by atoms with Crippen molar-refractivity contribution < 1.29 is 14.0 Å². The van der Waals surface area contributed by atoms with Gasteiger partial charge in [-0.05, 0) is 25.7 Å². The molecule has 2 fully saturated rings. The molecule has 0 aromatic rings. The van der Waals surface area contributed by atoms with Crippen LogP contribution < -0.4 is 5.73 Å². The van der Waals surface area contributed by atoms with Crippen LogP contribution in [0.3, 0.4) is 0 Å². The maximum Gasteiger partial charge on any atom is 0.639 e. The highest BCUT2D eigenvalue weighted by molar-refractivity contribution is 6.36. The Hall–Kier alpha value is -0.0951. The van der Waals surface area contributed by atoms with E-state index >= 15 is 0 Å². The summed E-state index contributed by atoms with van der Waals surface area (Å²) in [4.78, 5) is 0. The van der Waals surface area contributed by atoms with Gasteiger partial charge in [-0.3, -0.25) is 0 Å². The fourth-order valence-corrected chi connectivity index (χ4v) is 2.64. The molecule has 17 heavy (non-hydrogen) atoms. The monoisotopic (exact) mass is 241 g/mol. The van der Waals surface area contributed by atoms with Crippen molar-refractivity contribution in [1.29, 1.82) is 0 Å². The Balaban J connectivity index is 1.74. The van der Waals surface area contributed by atoms with Crippen LogP contribution in [0.1, 0.15) is 51.4 Å². The Morgan fingerprint density at radius 1 is 0.882 bits per heavy atom. The highest BCUT2D eigenvalue weighted by Crippen LogP contribution is 2.25. The summed E-state index contributed by atoms with van der Waals surface area (Å²) in [7, 11) is -0.496. The van der Waals surface area contributed by atoms with Crippen LogP contribution in [0.2, 0.25) is 0 Å². The highest BCUT2D eigenvalue weighted by Gasteiger charge is 2.31. The van der Waals surface area contributed by atoms with Crippen LogP contribution in [-0.2, 0) is 14.0 Å². The standard InChI is InChI=1S/C12H24BNO3/c14-9-10-15-13(16-11-5-1-2-6-11)17-12-7-3-4-8-12/h11-12H,1-10,14H2. The molecular formula is C12H24BNO3. The average molecular weight is 241 g/mol. The van der Waals surface area contributed by atoms with Crippen LogP contribution in [0.25, 0.3) is 0 Å². The molecule has 0 heterocycles. The van der Waals surface area contributed by atoms with Gasteiger partial charge in [-0.15, -0.1) is 0 Å². The molecule has 0 aliphatic heterocycles. The SMILES string of the molecule is NCCOB(OC1CCCC1)OC1CCCC1. The predicted octanol–water partition coefficient (Wildman–Crippen LogP) is 1.86. The number of hydrogen-bond donors (Lipinski definition) is 1. The second-order valence-electron chi connectivity index (χ2n) is 5.03. The quantitative estimate of drug-likeness (QED) is 0.691. The fourth-order valence-electron chi connectivity index (χ4n) is 2.64. The molecule has 0 saturated heterocycles. The Kier molecular flexibility index (Phi) is 5.78. The first-order chi connectivity index (χ1) is 8.38. The summed E-state index contributed by atoms with van der Waals surface area (Å²) in [5.74, 6) is 0. The van der Waals surface area contributed by atoms with Crippen molar-refractivity contribution >= 4 is 7.32 Å². The number of nitrogens with two attached hydrogens (primary N) is 1. The van der Waals surface area contributed by atoms with Gasteiger partial charge >= 0.3 is 7.32 Å². The minimum absolute atomic E-state index is 0.319. The topological polar surface area (TPSA) is 53.7 Å². The van der Waals surface area contributed by atoms with Gasteiger partial charge in [0, 0.05) is 25.4 Å². The molecule has 0 unspecified atom stereocenters. The molecule has 0 aromatic carbocycles. The van der Waals surface area contributed by atoms with Crippen molar-refractivity contribution in [2.75, 3.05) is 13.2 Å². The summed E-state index contributed by atoms with van der Waals surface area (Å²) in [5.41, 5.74) is 5.46. The normalized spacial score (nSPS) is 22.4. The molecule has 2 N–H and O–H groups in total. The molecule has 0 radical (unpaired) electrons. The van der Waals surface area contributed by atoms with Crippen molar-refractivity contribution in [3.05, 3.63) is 0 Å². The lowest BCUT2D eigenvalue weighted by molar-refractivity contribution is 0.0353. The molecule has 2 saturated carbocycles. The van der Waals surface area contributed by atoms with Crippen LogP contribution in [0.15, 0.2) is 0 Å². The van der Waals surface area contributed by atoms with Crippen molar-refractivity contribution in [1.82, 2.24) is 0 Å². The smallest absolute Gasteiger partial charge is 0.385 e.